The van der Waals surface area contributed by atoms with Gasteiger partial charge in [0.15, 0.2) is 0 Å². The molecule has 0 saturated carbocycles. The van der Waals surface area contributed by atoms with E-state index < -0.39 is 5.97 Å². The molecule has 0 radical (unpaired) electrons. The van der Waals surface area contributed by atoms with Crippen LogP contribution in [0.15, 0.2) is 24.3 Å². The SMILES string of the molecule is COc1ccc([C@H]2CSC[C@@H]2C(=O)O)cc1. The maximum Gasteiger partial charge on any atom is 0.307 e. The highest BCUT2D eigenvalue weighted by Crippen LogP contribution is 2.38. The summed E-state index contributed by atoms with van der Waals surface area (Å²) in [6.45, 7) is 0. The summed E-state index contributed by atoms with van der Waals surface area (Å²) in [5.41, 5.74) is 1.10. The van der Waals surface area contributed by atoms with Gasteiger partial charge < -0.3 is 9.84 Å². The largest absolute Gasteiger partial charge is 0.497 e. The third-order valence-electron chi connectivity index (χ3n) is 2.94. The first kappa shape index (κ1) is 11.3. The third-order valence-corrected chi connectivity index (χ3v) is 4.13. The molecule has 0 aromatic heterocycles. The molecule has 1 aliphatic rings. The van der Waals surface area contributed by atoms with E-state index >= 15 is 0 Å². The quantitative estimate of drug-likeness (QED) is 0.877. The lowest BCUT2D eigenvalue weighted by atomic mass is 9.89. The molecular formula is C12H14O3S. The Bertz CT molecular complexity index is 374. The molecule has 1 aliphatic heterocycles. The fraction of sp³-hybridized carbons (Fsp3) is 0.417. The molecule has 1 heterocycles. The lowest BCUT2D eigenvalue weighted by Crippen LogP contribution is -2.20. The van der Waals surface area contributed by atoms with E-state index in [-0.39, 0.29) is 11.8 Å². The summed E-state index contributed by atoms with van der Waals surface area (Å²) in [6, 6.07) is 7.70. The van der Waals surface area contributed by atoms with Crippen molar-refractivity contribution in [3.8, 4) is 5.75 Å². The van der Waals surface area contributed by atoms with Gasteiger partial charge in [-0.2, -0.15) is 11.8 Å². The Morgan fingerprint density at radius 2 is 2.06 bits per heavy atom. The number of benzene rings is 1. The van der Waals surface area contributed by atoms with Gasteiger partial charge in [0.1, 0.15) is 5.75 Å². The molecular weight excluding hydrogens is 224 g/mol. The number of methoxy groups -OCH3 is 1. The van der Waals surface area contributed by atoms with E-state index in [1.807, 2.05) is 24.3 Å². The highest BCUT2D eigenvalue weighted by atomic mass is 32.2. The average Bonchev–Trinajstić information content (AvgIpc) is 2.78. The fourth-order valence-electron chi connectivity index (χ4n) is 1.98. The van der Waals surface area contributed by atoms with E-state index in [2.05, 4.69) is 0 Å². The molecule has 1 fully saturated rings. The van der Waals surface area contributed by atoms with Gasteiger partial charge in [0, 0.05) is 17.4 Å². The van der Waals surface area contributed by atoms with Crippen LogP contribution in [0.2, 0.25) is 0 Å². The van der Waals surface area contributed by atoms with Crippen LogP contribution in [-0.2, 0) is 4.79 Å². The van der Waals surface area contributed by atoms with E-state index in [0.717, 1.165) is 17.1 Å². The zero-order valence-corrected chi connectivity index (χ0v) is 9.87. The van der Waals surface area contributed by atoms with Gasteiger partial charge in [-0.1, -0.05) is 12.1 Å². The minimum atomic E-state index is -0.689. The standard InChI is InChI=1S/C12H14O3S/c1-15-9-4-2-8(3-5-9)10-6-16-7-11(10)12(13)14/h2-5,10-11H,6-7H2,1H3,(H,13,14)/t10-,11+/m1/s1. The van der Waals surface area contributed by atoms with Gasteiger partial charge in [0.2, 0.25) is 0 Å². The molecule has 1 N–H and O–H groups in total. The van der Waals surface area contributed by atoms with Gasteiger partial charge in [-0.15, -0.1) is 0 Å². The Morgan fingerprint density at radius 1 is 1.38 bits per heavy atom. The predicted octanol–water partition coefficient (Wildman–Crippen LogP) is 2.23. The molecule has 0 bridgehead atoms. The second-order valence-corrected chi connectivity index (χ2v) is 4.94. The molecule has 1 saturated heterocycles. The summed E-state index contributed by atoms with van der Waals surface area (Å²) in [4.78, 5) is 11.1. The van der Waals surface area contributed by atoms with Crippen LogP contribution in [0, 0.1) is 5.92 Å². The first-order chi connectivity index (χ1) is 7.72. The van der Waals surface area contributed by atoms with Crippen molar-refractivity contribution >= 4 is 17.7 Å². The maximum absolute atomic E-state index is 11.1. The number of carbonyl (C=O) groups is 1. The van der Waals surface area contributed by atoms with Gasteiger partial charge in [-0.05, 0) is 17.7 Å². The van der Waals surface area contributed by atoms with Crippen LogP contribution in [0.4, 0.5) is 0 Å². The van der Waals surface area contributed by atoms with Crippen LogP contribution in [0.25, 0.3) is 0 Å². The normalized spacial score (nSPS) is 24.3. The maximum atomic E-state index is 11.1. The average molecular weight is 238 g/mol. The molecule has 3 nitrogen and oxygen atoms in total. The Balaban J connectivity index is 2.19. The molecule has 0 amide bonds. The van der Waals surface area contributed by atoms with Gasteiger partial charge >= 0.3 is 5.97 Å². The van der Waals surface area contributed by atoms with Crippen LogP contribution in [0.5, 0.6) is 5.75 Å². The number of ether oxygens (including phenoxy) is 1. The summed E-state index contributed by atoms with van der Waals surface area (Å²) in [5, 5.41) is 9.11. The molecule has 0 spiro atoms. The van der Waals surface area contributed by atoms with Crippen molar-refractivity contribution in [3.05, 3.63) is 29.8 Å². The first-order valence-corrected chi connectivity index (χ1v) is 6.32. The Kier molecular flexibility index (Phi) is 3.39. The van der Waals surface area contributed by atoms with E-state index in [1.54, 1.807) is 18.9 Å². The lowest BCUT2D eigenvalue weighted by Gasteiger charge is -2.15. The van der Waals surface area contributed by atoms with E-state index in [9.17, 15) is 4.79 Å². The van der Waals surface area contributed by atoms with Gasteiger partial charge in [0.05, 0.1) is 13.0 Å². The second-order valence-electron chi connectivity index (χ2n) is 3.86. The van der Waals surface area contributed by atoms with Crippen molar-refractivity contribution in [3.63, 3.8) is 0 Å². The highest BCUT2D eigenvalue weighted by Gasteiger charge is 2.34. The zero-order chi connectivity index (χ0) is 11.5. The molecule has 4 heteroatoms. The Hall–Kier alpha value is -1.16. The van der Waals surface area contributed by atoms with E-state index in [0.29, 0.717) is 5.75 Å². The number of rotatable bonds is 3. The number of thioether (sulfide) groups is 1. The molecule has 1 aromatic carbocycles. The van der Waals surface area contributed by atoms with Gasteiger partial charge in [0.25, 0.3) is 0 Å². The van der Waals surface area contributed by atoms with Crippen molar-refractivity contribution < 1.29 is 14.6 Å². The second kappa shape index (κ2) is 4.78. The number of hydrogen-bond acceptors (Lipinski definition) is 3. The van der Waals surface area contributed by atoms with Crippen LogP contribution >= 0.6 is 11.8 Å². The van der Waals surface area contributed by atoms with Crippen LogP contribution in [0.1, 0.15) is 11.5 Å². The fourth-order valence-corrected chi connectivity index (χ4v) is 3.42. The summed E-state index contributed by atoms with van der Waals surface area (Å²) in [5.74, 6) is 1.61. The topological polar surface area (TPSA) is 46.5 Å². The highest BCUT2D eigenvalue weighted by molar-refractivity contribution is 7.99. The number of carboxylic acid groups (broad SMARTS) is 1. The molecule has 2 rings (SSSR count). The first-order valence-electron chi connectivity index (χ1n) is 5.17. The smallest absolute Gasteiger partial charge is 0.307 e. The van der Waals surface area contributed by atoms with Crippen molar-refractivity contribution in [1.82, 2.24) is 0 Å². The number of carboxylic acids is 1. The van der Waals surface area contributed by atoms with Crippen molar-refractivity contribution in [2.24, 2.45) is 5.92 Å². The predicted molar refractivity (Wildman–Crippen MR) is 64.2 cm³/mol. The molecule has 2 atom stereocenters. The number of hydrogen-bond donors (Lipinski definition) is 1. The monoisotopic (exact) mass is 238 g/mol. The summed E-state index contributed by atoms with van der Waals surface area (Å²) < 4.78 is 5.08. The number of aliphatic carboxylic acids is 1. The van der Waals surface area contributed by atoms with Gasteiger partial charge in [-0.25, -0.2) is 0 Å². The molecule has 86 valence electrons. The summed E-state index contributed by atoms with van der Waals surface area (Å²) in [7, 11) is 1.63. The molecule has 16 heavy (non-hydrogen) atoms. The zero-order valence-electron chi connectivity index (χ0n) is 9.05. The van der Waals surface area contributed by atoms with E-state index in [1.165, 1.54) is 0 Å². The molecule has 0 aliphatic carbocycles. The third kappa shape index (κ3) is 2.16. The van der Waals surface area contributed by atoms with Crippen molar-refractivity contribution in [2.75, 3.05) is 18.6 Å². The molecule has 0 unspecified atom stereocenters. The van der Waals surface area contributed by atoms with Gasteiger partial charge in [-0.3, -0.25) is 4.79 Å². The van der Waals surface area contributed by atoms with E-state index in [4.69, 9.17) is 9.84 Å². The summed E-state index contributed by atoms with van der Waals surface area (Å²) >= 11 is 1.71. The Morgan fingerprint density at radius 3 is 2.62 bits per heavy atom. The lowest BCUT2D eigenvalue weighted by molar-refractivity contribution is -0.141. The van der Waals surface area contributed by atoms with Crippen molar-refractivity contribution in [2.45, 2.75) is 5.92 Å². The summed E-state index contributed by atoms with van der Waals surface area (Å²) in [6.07, 6.45) is 0. The van der Waals surface area contributed by atoms with Crippen LogP contribution in [0.3, 0.4) is 0 Å². The molecule has 1 aromatic rings. The van der Waals surface area contributed by atoms with Crippen LogP contribution in [-0.4, -0.2) is 29.7 Å². The van der Waals surface area contributed by atoms with Crippen molar-refractivity contribution in [1.29, 1.82) is 0 Å². The minimum absolute atomic E-state index is 0.133. The minimum Gasteiger partial charge on any atom is -0.497 e. The van der Waals surface area contributed by atoms with Crippen LogP contribution < -0.4 is 4.74 Å². The Labute approximate surface area is 98.8 Å².